The Labute approximate surface area is 99.7 Å². The van der Waals surface area contributed by atoms with E-state index in [1.807, 2.05) is 0 Å². The van der Waals surface area contributed by atoms with Crippen LogP contribution in [0.25, 0.3) is 0 Å². The van der Waals surface area contributed by atoms with Crippen LogP contribution >= 0.6 is 0 Å². The Balaban J connectivity index is 2.87. The zero-order chi connectivity index (χ0) is 12.8. The van der Waals surface area contributed by atoms with Gasteiger partial charge in [-0.05, 0) is 26.3 Å². The van der Waals surface area contributed by atoms with Gasteiger partial charge >= 0.3 is 11.9 Å². The summed E-state index contributed by atoms with van der Waals surface area (Å²) in [5.41, 5.74) is 0.0246. The largest absolute Gasteiger partial charge is 0.512 e. The number of carbonyl (C=O) groups is 2. The summed E-state index contributed by atoms with van der Waals surface area (Å²) < 4.78 is 9.76. The first kappa shape index (κ1) is 13.3. The quantitative estimate of drug-likeness (QED) is 0.464. The third-order valence-corrected chi connectivity index (χ3v) is 2.24. The number of cyclic esters (lactones) is 1. The van der Waals surface area contributed by atoms with Crippen molar-refractivity contribution in [1.82, 2.24) is 0 Å². The van der Waals surface area contributed by atoms with Crippen LogP contribution in [0.4, 0.5) is 0 Å². The molecule has 0 amide bonds. The fraction of sp³-hybridized carbons (Fsp3) is 0.500. The molecule has 0 radical (unpaired) electrons. The molecule has 0 aliphatic carbocycles. The van der Waals surface area contributed by atoms with Crippen molar-refractivity contribution in [3.63, 3.8) is 0 Å². The minimum absolute atomic E-state index is 0.0246. The van der Waals surface area contributed by atoms with E-state index >= 15 is 0 Å². The highest BCUT2D eigenvalue weighted by Gasteiger charge is 2.18. The lowest BCUT2D eigenvalue weighted by Crippen LogP contribution is -2.13. The van der Waals surface area contributed by atoms with Gasteiger partial charge in [-0.25, -0.2) is 4.79 Å². The summed E-state index contributed by atoms with van der Waals surface area (Å²) in [4.78, 5) is 22.6. The number of hydrogen-bond acceptors (Lipinski definition) is 5. The number of aliphatic hydroxyl groups excluding tert-OH is 1. The van der Waals surface area contributed by atoms with Crippen LogP contribution in [0.3, 0.4) is 0 Å². The molecule has 5 nitrogen and oxygen atoms in total. The molecule has 1 heterocycles. The molecular formula is C12H16O5. The average Bonchev–Trinajstić information content (AvgIpc) is 2.26. The zero-order valence-electron chi connectivity index (χ0n) is 9.99. The third kappa shape index (κ3) is 3.94. The SMILES string of the molecule is CCOC(=O)C(/C=C1\CCCC(=O)O1)=C(/C)O. The lowest BCUT2D eigenvalue weighted by molar-refractivity contribution is -0.142. The van der Waals surface area contributed by atoms with E-state index in [4.69, 9.17) is 9.47 Å². The molecule has 17 heavy (non-hydrogen) atoms. The molecule has 1 saturated heterocycles. The fourth-order valence-electron chi connectivity index (χ4n) is 1.44. The summed E-state index contributed by atoms with van der Waals surface area (Å²) in [6.45, 7) is 3.28. The van der Waals surface area contributed by atoms with Crippen molar-refractivity contribution in [3.8, 4) is 0 Å². The second-order valence-corrected chi connectivity index (χ2v) is 3.66. The number of rotatable bonds is 3. The zero-order valence-corrected chi connectivity index (χ0v) is 9.99. The summed E-state index contributed by atoms with van der Waals surface area (Å²) in [6, 6.07) is 0. The number of allylic oxidation sites excluding steroid dienone is 2. The molecule has 1 rings (SSSR count). The highest BCUT2D eigenvalue weighted by Crippen LogP contribution is 2.20. The van der Waals surface area contributed by atoms with E-state index in [0.29, 0.717) is 25.0 Å². The lowest BCUT2D eigenvalue weighted by Gasteiger charge is -2.14. The predicted octanol–water partition coefficient (Wildman–Crippen LogP) is 1.99. The minimum Gasteiger partial charge on any atom is -0.512 e. The first-order valence-corrected chi connectivity index (χ1v) is 5.52. The molecule has 0 aromatic heterocycles. The first-order chi connectivity index (χ1) is 8.04. The lowest BCUT2D eigenvalue weighted by atomic mass is 10.1. The molecule has 0 saturated carbocycles. The molecular weight excluding hydrogens is 224 g/mol. The number of ether oxygens (including phenoxy) is 2. The fourth-order valence-corrected chi connectivity index (χ4v) is 1.44. The normalized spacial score (nSPS) is 19.6. The van der Waals surface area contributed by atoms with Crippen molar-refractivity contribution in [2.45, 2.75) is 33.1 Å². The smallest absolute Gasteiger partial charge is 0.341 e. The highest BCUT2D eigenvalue weighted by atomic mass is 16.5. The average molecular weight is 240 g/mol. The Morgan fingerprint density at radius 3 is 2.76 bits per heavy atom. The van der Waals surface area contributed by atoms with Gasteiger partial charge in [-0.15, -0.1) is 0 Å². The van der Waals surface area contributed by atoms with Gasteiger partial charge < -0.3 is 14.6 Å². The van der Waals surface area contributed by atoms with Crippen LogP contribution in [-0.4, -0.2) is 23.7 Å². The maximum Gasteiger partial charge on any atom is 0.341 e. The second kappa shape index (κ2) is 6.08. The van der Waals surface area contributed by atoms with Gasteiger partial charge in [-0.2, -0.15) is 0 Å². The topological polar surface area (TPSA) is 72.8 Å². The number of aliphatic hydroxyl groups is 1. The van der Waals surface area contributed by atoms with Crippen LogP contribution in [-0.2, 0) is 19.1 Å². The molecule has 0 bridgehead atoms. The molecule has 1 aliphatic rings. The Morgan fingerprint density at radius 1 is 1.53 bits per heavy atom. The van der Waals surface area contributed by atoms with E-state index in [2.05, 4.69) is 0 Å². The number of hydrogen-bond donors (Lipinski definition) is 1. The van der Waals surface area contributed by atoms with Gasteiger partial charge in [0.2, 0.25) is 0 Å². The van der Waals surface area contributed by atoms with E-state index in [-0.39, 0.29) is 23.9 Å². The molecule has 5 heteroatoms. The predicted molar refractivity (Wildman–Crippen MR) is 60.0 cm³/mol. The van der Waals surface area contributed by atoms with Crippen LogP contribution in [0.1, 0.15) is 33.1 Å². The van der Waals surface area contributed by atoms with Crippen LogP contribution in [0.5, 0.6) is 0 Å². The van der Waals surface area contributed by atoms with Crippen LogP contribution in [0.2, 0.25) is 0 Å². The van der Waals surface area contributed by atoms with Gasteiger partial charge in [0.05, 0.1) is 6.61 Å². The van der Waals surface area contributed by atoms with Crippen LogP contribution in [0, 0.1) is 0 Å². The van der Waals surface area contributed by atoms with Gasteiger partial charge in [-0.1, -0.05) is 0 Å². The Hall–Kier alpha value is -1.78. The summed E-state index contributed by atoms with van der Waals surface area (Å²) in [6.07, 6.45) is 3.01. The summed E-state index contributed by atoms with van der Waals surface area (Å²) in [5.74, 6) is -0.710. The Kier molecular flexibility index (Phi) is 4.75. The van der Waals surface area contributed by atoms with Gasteiger partial charge in [0, 0.05) is 12.8 Å². The van der Waals surface area contributed by atoms with Gasteiger partial charge in [0.25, 0.3) is 0 Å². The minimum atomic E-state index is -0.623. The molecule has 0 atom stereocenters. The summed E-state index contributed by atoms with van der Waals surface area (Å²) in [5, 5.41) is 9.40. The van der Waals surface area contributed by atoms with Crippen molar-refractivity contribution >= 4 is 11.9 Å². The maximum atomic E-state index is 11.5. The third-order valence-electron chi connectivity index (χ3n) is 2.24. The molecule has 1 aliphatic heterocycles. The number of carbonyl (C=O) groups excluding carboxylic acids is 2. The summed E-state index contributed by atoms with van der Waals surface area (Å²) in [7, 11) is 0. The van der Waals surface area contributed by atoms with Gasteiger partial charge in [-0.3, -0.25) is 4.79 Å². The van der Waals surface area contributed by atoms with Crippen molar-refractivity contribution in [3.05, 3.63) is 23.2 Å². The highest BCUT2D eigenvalue weighted by molar-refractivity contribution is 5.92. The monoisotopic (exact) mass is 240 g/mol. The second-order valence-electron chi connectivity index (χ2n) is 3.66. The Morgan fingerprint density at radius 2 is 2.24 bits per heavy atom. The molecule has 0 aromatic carbocycles. The van der Waals surface area contributed by atoms with Gasteiger partial charge in [0.1, 0.15) is 17.1 Å². The van der Waals surface area contributed by atoms with E-state index in [1.54, 1.807) is 6.92 Å². The van der Waals surface area contributed by atoms with Gasteiger partial charge in [0.15, 0.2) is 0 Å². The van der Waals surface area contributed by atoms with E-state index < -0.39 is 5.97 Å². The van der Waals surface area contributed by atoms with E-state index in [9.17, 15) is 14.7 Å². The molecule has 1 N–H and O–H groups in total. The Bertz CT molecular complexity index is 374. The first-order valence-electron chi connectivity index (χ1n) is 5.52. The van der Waals surface area contributed by atoms with Crippen molar-refractivity contribution in [2.24, 2.45) is 0 Å². The summed E-state index contributed by atoms with van der Waals surface area (Å²) >= 11 is 0. The number of esters is 2. The molecule has 0 spiro atoms. The maximum absolute atomic E-state index is 11.5. The van der Waals surface area contributed by atoms with Crippen LogP contribution < -0.4 is 0 Å². The van der Waals surface area contributed by atoms with E-state index in [0.717, 1.165) is 0 Å². The van der Waals surface area contributed by atoms with Crippen molar-refractivity contribution in [2.75, 3.05) is 6.61 Å². The molecule has 0 unspecified atom stereocenters. The van der Waals surface area contributed by atoms with E-state index in [1.165, 1.54) is 13.0 Å². The van der Waals surface area contributed by atoms with Crippen molar-refractivity contribution in [1.29, 1.82) is 0 Å². The van der Waals surface area contributed by atoms with Crippen LogP contribution in [0.15, 0.2) is 23.2 Å². The van der Waals surface area contributed by atoms with Crippen molar-refractivity contribution < 1.29 is 24.2 Å². The molecule has 0 aromatic rings. The molecule has 94 valence electrons. The molecule has 1 fully saturated rings. The standard InChI is InChI=1S/C12H16O5/c1-3-16-12(15)10(8(2)13)7-9-5-4-6-11(14)17-9/h7,13H,3-6H2,1-2H3/b9-7+,10-8-.